The van der Waals surface area contributed by atoms with Gasteiger partial charge in [-0.2, -0.15) is 0 Å². The van der Waals surface area contributed by atoms with Crippen molar-refractivity contribution in [3.05, 3.63) is 63.0 Å². The van der Waals surface area contributed by atoms with E-state index in [0.717, 1.165) is 37.0 Å². The van der Waals surface area contributed by atoms with E-state index in [1.54, 1.807) is 21.6 Å². The number of anilines is 1. The van der Waals surface area contributed by atoms with E-state index < -0.39 is 12.2 Å². The number of ether oxygens (including phenoxy) is 1. The minimum Gasteiger partial charge on any atom is -0.436 e. The first-order valence-electron chi connectivity index (χ1n) is 16.0. The van der Waals surface area contributed by atoms with Crippen molar-refractivity contribution in [1.82, 2.24) is 24.3 Å². The lowest BCUT2D eigenvalue weighted by Gasteiger charge is -2.41. The van der Waals surface area contributed by atoms with E-state index in [-0.39, 0.29) is 24.1 Å². The normalized spacial score (nSPS) is 19.4. The molecule has 45 heavy (non-hydrogen) atoms. The molecule has 3 aliphatic rings. The summed E-state index contributed by atoms with van der Waals surface area (Å²) in [5.74, 6) is 2.34. The number of nitrogens with zero attached hydrogens (tertiary/aromatic N) is 4. The molecule has 10 nitrogen and oxygen atoms in total. The van der Waals surface area contributed by atoms with E-state index in [1.807, 2.05) is 29.2 Å². The Balaban J connectivity index is 1.14. The molecule has 11 heteroatoms. The maximum Gasteiger partial charge on any atom is 0.410 e. The van der Waals surface area contributed by atoms with Crippen molar-refractivity contribution in [2.24, 2.45) is 0 Å². The number of hydrogen-bond acceptors (Lipinski definition) is 6. The summed E-state index contributed by atoms with van der Waals surface area (Å²) in [7, 11) is 0. The van der Waals surface area contributed by atoms with Gasteiger partial charge in [0.05, 0.1) is 21.7 Å². The number of hydrogen-bond donors (Lipinski definition) is 2. The Kier molecular flexibility index (Phi) is 9.38. The molecule has 0 radical (unpaired) electrons. The standard InChI is InChI=1S/C34H41ClN6O4/c1-2-24-20-23(21-27(35)31(24)36)22-30(32(42)39-16-10-25(11-17-39)38-14-6-3-7-15-38)45-34(44)40-18-12-26(13-19-40)41-29-9-5-4-8-28(29)37-33(41)43/h1,4-5,8-9,20-21,25-26,30H,3,6-7,10-19,22,36H2,(H,37,43)/t30-/m1/s1. The number of carbonyl (C=O) groups excluding carboxylic acids is 2. The first-order chi connectivity index (χ1) is 21.8. The zero-order valence-electron chi connectivity index (χ0n) is 25.6. The van der Waals surface area contributed by atoms with Crippen LogP contribution in [0.3, 0.4) is 0 Å². The first-order valence-corrected chi connectivity index (χ1v) is 16.4. The van der Waals surface area contributed by atoms with Gasteiger partial charge in [0.25, 0.3) is 5.91 Å². The number of nitrogen functional groups attached to an aromatic ring is 1. The predicted molar refractivity (Wildman–Crippen MR) is 175 cm³/mol. The lowest BCUT2D eigenvalue weighted by Crippen LogP contribution is -2.52. The molecule has 4 heterocycles. The zero-order chi connectivity index (χ0) is 31.5. The van der Waals surface area contributed by atoms with E-state index in [2.05, 4.69) is 15.8 Å². The minimum absolute atomic E-state index is 0.0459. The number of aromatic amines is 1. The summed E-state index contributed by atoms with van der Waals surface area (Å²) in [4.78, 5) is 49.2. The van der Waals surface area contributed by atoms with E-state index >= 15 is 0 Å². The van der Waals surface area contributed by atoms with Crippen molar-refractivity contribution in [1.29, 1.82) is 0 Å². The molecular formula is C34H41ClN6O4. The molecule has 0 aliphatic carbocycles. The molecule has 2 aromatic carbocycles. The summed E-state index contributed by atoms with van der Waals surface area (Å²) in [6.07, 6.45) is 11.0. The monoisotopic (exact) mass is 632 g/mol. The maximum atomic E-state index is 14.0. The average molecular weight is 633 g/mol. The number of benzene rings is 2. The van der Waals surface area contributed by atoms with Crippen LogP contribution in [-0.2, 0) is 16.0 Å². The number of aromatic nitrogens is 2. The van der Waals surface area contributed by atoms with E-state index in [1.165, 1.54) is 19.3 Å². The number of carbonyl (C=O) groups is 2. The zero-order valence-corrected chi connectivity index (χ0v) is 26.3. The van der Waals surface area contributed by atoms with Crippen LogP contribution in [0.2, 0.25) is 5.02 Å². The van der Waals surface area contributed by atoms with E-state index in [4.69, 9.17) is 28.5 Å². The third-order valence-corrected chi connectivity index (χ3v) is 9.99. The third-order valence-electron chi connectivity index (χ3n) is 9.68. The van der Waals surface area contributed by atoms with Crippen molar-refractivity contribution >= 4 is 40.3 Å². The topological polar surface area (TPSA) is 117 Å². The van der Waals surface area contributed by atoms with Gasteiger partial charge in [-0.15, -0.1) is 6.42 Å². The lowest BCUT2D eigenvalue weighted by atomic mass is 9.98. The molecule has 0 spiro atoms. The van der Waals surface area contributed by atoms with Crippen LogP contribution in [0.25, 0.3) is 11.0 Å². The summed E-state index contributed by atoms with van der Waals surface area (Å²) in [5, 5.41) is 0.301. The summed E-state index contributed by atoms with van der Waals surface area (Å²) in [6, 6.07) is 11.4. The highest BCUT2D eigenvalue weighted by molar-refractivity contribution is 6.33. The summed E-state index contributed by atoms with van der Waals surface area (Å²) < 4.78 is 7.78. The fourth-order valence-corrected chi connectivity index (χ4v) is 7.42. The number of rotatable bonds is 6. The van der Waals surface area contributed by atoms with Gasteiger partial charge in [-0.05, 0) is 81.4 Å². The minimum atomic E-state index is -1.04. The van der Waals surface area contributed by atoms with Gasteiger partial charge in [0.15, 0.2) is 6.10 Å². The number of nitrogens with two attached hydrogens (primary N) is 1. The number of halogens is 1. The van der Waals surface area contributed by atoms with Crippen LogP contribution in [0.5, 0.6) is 0 Å². The molecule has 238 valence electrons. The number of terminal acetylenes is 1. The SMILES string of the molecule is C#Cc1cc(C[C@@H](OC(=O)N2CCC(n3c(=O)[nH]c4ccccc43)CC2)C(=O)N2CCC(N3CCCCC3)CC2)cc(Cl)c1N. The van der Waals surface area contributed by atoms with Crippen molar-refractivity contribution in [2.75, 3.05) is 45.0 Å². The van der Waals surface area contributed by atoms with Gasteiger partial charge in [0.1, 0.15) is 0 Å². The molecule has 3 aliphatic heterocycles. The Morgan fingerprint density at radius 1 is 0.978 bits per heavy atom. The van der Waals surface area contributed by atoms with Gasteiger partial charge in [-0.1, -0.05) is 36.1 Å². The lowest BCUT2D eigenvalue weighted by molar-refractivity contribution is -0.142. The highest BCUT2D eigenvalue weighted by atomic mass is 35.5. The van der Waals surface area contributed by atoms with Crippen LogP contribution in [0.15, 0.2) is 41.2 Å². The fraction of sp³-hybridized carbons (Fsp3) is 0.500. The summed E-state index contributed by atoms with van der Waals surface area (Å²) in [6.45, 7) is 4.31. The Labute approximate surface area is 268 Å². The molecule has 3 saturated heterocycles. The predicted octanol–water partition coefficient (Wildman–Crippen LogP) is 4.41. The molecule has 3 fully saturated rings. The van der Waals surface area contributed by atoms with Crippen LogP contribution in [0.4, 0.5) is 10.5 Å². The highest BCUT2D eigenvalue weighted by Gasteiger charge is 2.35. The second kappa shape index (κ2) is 13.6. The molecule has 0 saturated carbocycles. The number of fused-ring (bicyclic) bond motifs is 1. The number of amides is 2. The fourth-order valence-electron chi connectivity index (χ4n) is 7.18. The summed E-state index contributed by atoms with van der Waals surface area (Å²) in [5.41, 5.74) is 8.95. The van der Waals surface area contributed by atoms with Gasteiger partial charge in [0, 0.05) is 50.2 Å². The van der Waals surface area contributed by atoms with Crippen molar-refractivity contribution in [3.8, 4) is 12.3 Å². The Morgan fingerprint density at radius 2 is 1.64 bits per heavy atom. The first kappa shape index (κ1) is 31.1. The van der Waals surface area contributed by atoms with Gasteiger partial charge in [0.2, 0.25) is 0 Å². The van der Waals surface area contributed by atoms with Gasteiger partial charge >= 0.3 is 11.8 Å². The number of para-hydroxylation sites is 2. The van der Waals surface area contributed by atoms with Crippen molar-refractivity contribution < 1.29 is 14.3 Å². The molecule has 0 unspecified atom stereocenters. The molecule has 2 amide bonds. The number of imidazole rings is 1. The van der Waals surface area contributed by atoms with E-state index in [0.29, 0.717) is 66.9 Å². The van der Waals surface area contributed by atoms with Crippen molar-refractivity contribution in [2.45, 2.75) is 69.6 Å². The van der Waals surface area contributed by atoms with Gasteiger partial charge in [-0.3, -0.25) is 9.36 Å². The molecular weight excluding hydrogens is 592 g/mol. The maximum absolute atomic E-state index is 14.0. The molecule has 3 aromatic rings. The van der Waals surface area contributed by atoms with Crippen LogP contribution in [0.1, 0.15) is 62.1 Å². The Morgan fingerprint density at radius 3 is 2.36 bits per heavy atom. The van der Waals surface area contributed by atoms with E-state index in [9.17, 15) is 14.4 Å². The molecule has 1 atom stereocenters. The number of piperidine rings is 3. The quantitative estimate of drug-likeness (QED) is 0.307. The number of nitrogens with one attached hydrogen (secondary N) is 1. The molecule has 6 rings (SSSR count). The number of likely N-dealkylation sites (tertiary alicyclic amines) is 3. The van der Waals surface area contributed by atoms with Crippen LogP contribution < -0.4 is 11.4 Å². The van der Waals surface area contributed by atoms with Gasteiger partial charge < -0.3 is 30.2 Å². The van der Waals surface area contributed by atoms with Crippen LogP contribution in [-0.4, -0.2) is 87.7 Å². The third kappa shape index (κ3) is 6.70. The molecule has 3 N–H and O–H groups in total. The smallest absolute Gasteiger partial charge is 0.410 e. The largest absolute Gasteiger partial charge is 0.436 e. The molecule has 0 bridgehead atoms. The van der Waals surface area contributed by atoms with Crippen LogP contribution >= 0.6 is 11.6 Å². The van der Waals surface area contributed by atoms with Crippen LogP contribution in [0, 0.1) is 12.3 Å². The van der Waals surface area contributed by atoms with Crippen molar-refractivity contribution in [3.63, 3.8) is 0 Å². The molecule has 1 aromatic heterocycles. The second-order valence-corrected chi connectivity index (χ2v) is 12.9. The Bertz CT molecular complexity index is 1640. The summed E-state index contributed by atoms with van der Waals surface area (Å²) >= 11 is 6.37. The average Bonchev–Trinajstić information content (AvgIpc) is 3.41. The highest BCUT2D eigenvalue weighted by Crippen LogP contribution is 2.28. The second-order valence-electron chi connectivity index (χ2n) is 12.4. The Hall–Kier alpha value is -3.94. The van der Waals surface area contributed by atoms with Gasteiger partial charge in [-0.25, -0.2) is 9.59 Å². The number of H-pyrrole nitrogens is 1.